The van der Waals surface area contributed by atoms with Crippen molar-refractivity contribution in [3.63, 3.8) is 0 Å². The van der Waals surface area contributed by atoms with E-state index in [0.29, 0.717) is 17.1 Å². The summed E-state index contributed by atoms with van der Waals surface area (Å²) in [5.74, 6) is 0.517. The minimum atomic E-state index is -0.965. The molecule has 1 aromatic carbocycles. The van der Waals surface area contributed by atoms with E-state index in [4.69, 9.17) is 5.26 Å². The van der Waals surface area contributed by atoms with Crippen molar-refractivity contribution in [3.8, 4) is 6.07 Å². The van der Waals surface area contributed by atoms with Gasteiger partial charge in [-0.05, 0) is 30.2 Å². The summed E-state index contributed by atoms with van der Waals surface area (Å²) in [4.78, 5) is 0. The first-order valence-electron chi connectivity index (χ1n) is 5.20. The molecule has 0 fully saturated rings. The maximum atomic E-state index is 13.1. The van der Waals surface area contributed by atoms with Crippen LogP contribution in [-0.4, -0.2) is 9.96 Å². The van der Waals surface area contributed by atoms with Gasteiger partial charge in [-0.15, -0.1) is 0 Å². The molecule has 0 aliphatic carbocycles. The first kappa shape index (κ1) is 12.9. The van der Waals surface area contributed by atoms with Crippen molar-refractivity contribution in [3.05, 3.63) is 35.1 Å². The molecule has 0 saturated carbocycles. The SMILES string of the molecule is CCCCS(=O)Cc1cc(F)cc(C#N)c1. The standard InChI is InChI=1S/C12H14FNOS/c1-2-3-4-16(15)9-11-5-10(8-14)6-12(13)7-11/h5-7H,2-4,9H2,1H3. The smallest absolute Gasteiger partial charge is 0.124 e. The third kappa shape index (κ3) is 4.11. The highest BCUT2D eigenvalue weighted by Gasteiger charge is 2.05. The van der Waals surface area contributed by atoms with Crippen molar-refractivity contribution >= 4 is 10.8 Å². The van der Waals surface area contributed by atoms with Crippen molar-refractivity contribution in [2.24, 2.45) is 0 Å². The third-order valence-electron chi connectivity index (χ3n) is 2.14. The molecule has 2 nitrogen and oxygen atoms in total. The van der Waals surface area contributed by atoms with Gasteiger partial charge in [-0.2, -0.15) is 5.26 Å². The van der Waals surface area contributed by atoms with E-state index in [1.807, 2.05) is 13.0 Å². The molecular formula is C12H14FNOS. The fraction of sp³-hybridized carbons (Fsp3) is 0.417. The Morgan fingerprint density at radius 3 is 2.81 bits per heavy atom. The number of unbranched alkanes of at least 4 members (excludes halogenated alkanes) is 1. The highest BCUT2D eigenvalue weighted by Crippen LogP contribution is 2.11. The molecule has 1 unspecified atom stereocenters. The van der Waals surface area contributed by atoms with E-state index in [9.17, 15) is 8.60 Å². The molecule has 0 heterocycles. The van der Waals surface area contributed by atoms with Gasteiger partial charge in [0.1, 0.15) is 5.82 Å². The maximum absolute atomic E-state index is 13.1. The summed E-state index contributed by atoms with van der Waals surface area (Å²) in [6.45, 7) is 2.03. The summed E-state index contributed by atoms with van der Waals surface area (Å²) in [5.41, 5.74) is 0.911. The van der Waals surface area contributed by atoms with Crippen molar-refractivity contribution in [2.75, 3.05) is 5.75 Å². The quantitative estimate of drug-likeness (QED) is 0.792. The second-order valence-electron chi connectivity index (χ2n) is 3.60. The summed E-state index contributed by atoms with van der Waals surface area (Å²) in [7, 11) is -0.965. The van der Waals surface area contributed by atoms with Gasteiger partial charge < -0.3 is 0 Å². The number of nitrogens with zero attached hydrogens (tertiary/aromatic N) is 1. The molecule has 1 rings (SSSR count). The Kier molecular flexibility index (Phi) is 5.13. The highest BCUT2D eigenvalue weighted by atomic mass is 32.2. The highest BCUT2D eigenvalue weighted by molar-refractivity contribution is 7.84. The van der Waals surface area contributed by atoms with Gasteiger partial charge in [-0.25, -0.2) is 4.39 Å². The van der Waals surface area contributed by atoms with Gasteiger partial charge in [-0.1, -0.05) is 13.3 Å². The number of hydrogen-bond acceptors (Lipinski definition) is 2. The van der Waals surface area contributed by atoms with Crippen LogP contribution in [0.5, 0.6) is 0 Å². The second kappa shape index (κ2) is 6.39. The maximum Gasteiger partial charge on any atom is 0.124 e. The molecule has 0 N–H and O–H groups in total. The molecule has 16 heavy (non-hydrogen) atoms. The zero-order chi connectivity index (χ0) is 12.0. The Morgan fingerprint density at radius 2 is 2.19 bits per heavy atom. The zero-order valence-corrected chi connectivity index (χ0v) is 10.0. The molecule has 0 bridgehead atoms. The Bertz CT molecular complexity index is 426. The Balaban J connectivity index is 2.70. The lowest BCUT2D eigenvalue weighted by molar-refractivity contribution is 0.625. The van der Waals surface area contributed by atoms with Crippen LogP contribution in [0.3, 0.4) is 0 Å². The summed E-state index contributed by atoms with van der Waals surface area (Å²) >= 11 is 0. The van der Waals surface area contributed by atoms with Crippen molar-refractivity contribution in [1.82, 2.24) is 0 Å². The van der Waals surface area contributed by atoms with Crippen LogP contribution < -0.4 is 0 Å². The van der Waals surface area contributed by atoms with E-state index in [1.54, 1.807) is 6.07 Å². The van der Waals surface area contributed by atoms with E-state index < -0.39 is 16.6 Å². The van der Waals surface area contributed by atoms with Gasteiger partial charge in [0.05, 0.1) is 11.6 Å². The largest absolute Gasteiger partial charge is 0.259 e. The number of benzene rings is 1. The first-order valence-corrected chi connectivity index (χ1v) is 6.69. The average molecular weight is 239 g/mol. The number of rotatable bonds is 5. The Morgan fingerprint density at radius 1 is 1.44 bits per heavy atom. The predicted molar refractivity (Wildman–Crippen MR) is 62.7 cm³/mol. The number of halogens is 1. The number of nitriles is 1. The molecule has 0 aliphatic heterocycles. The van der Waals surface area contributed by atoms with Crippen LogP contribution in [0.15, 0.2) is 18.2 Å². The van der Waals surface area contributed by atoms with Gasteiger partial charge in [0, 0.05) is 22.3 Å². The molecule has 0 saturated heterocycles. The Hall–Kier alpha value is -1.21. The van der Waals surface area contributed by atoms with Crippen LogP contribution in [0.4, 0.5) is 4.39 Å². The minimum absolute atomic E-state index is 0.280. The summed E-state index contributed by atoms with van der Waals surface area (Å²) in [6.07, 6.45) is 1.91. The molecule has 0 aliphatic rings. The van der Waals surface area contributed by atoms with Crippen LogP contribution in [0.25, 0.3) is 0 Å². The van der Waals surface area contributed by atoms with Crippen molar-refractivity contribution in [2.45, 2.75) is 25.5 Å². The van der Waals surface area contributed by atoms with Crippen LogP contribution in [0, 0.1) is 17.1 Å². The van der Waals surface area contributed by atoms with E-state index in [-0.39, 0.29) is 5.56 Å². The van der Waals surface area contributed by atoms with Crippen molar-refractivity contribution < 1.29 is 8.60 Å². The van der Waals surface area contributed by atoms with Crippen molar-refractivity contribution in [1.29, 1.82) is 5.26 Å². The lowest BCUT2D eigenvalue weighted by atomic mass is 10.1. The predicted octanol–water partition coefficient (Wildman–Crippen LogP) is 2.75. The lowest BCUT2D eigenvalue weighted by Gasteiger charge is -2.02. The molecule has 4 heteroatoms. The number of hydrogen-bond donors (Lipinski definition) is 0. The zero-order valence-electron chi connectivity index (χ0n) is 9.20. The van der Waals surface area contributed by atoms with Gasteiger partial charge in [0.2, 0.25) is 0 Å². The normalized spacial score (nSPS) is 12.1. The third-order valence-corrected chi connectivity index (χ3v) is 3.54. The summed E-state index contributed by atoms with van der Waals surface area (Å²) in [5, 5.41) is 8.67. The molecule has 0 radical (unpaired) electrons. The topological polar surface area (TPSA) is 40.9 Å². The molecule has 0 aromatic heterocycles. The van der Waals surface area contributed by atoms with E-state index >= 15 is 0 Å². The summed E-state index contributed by atoms with van der Waals surface area (Å²) < 4.78 is 24.7. The van der Waals surface area contributed by atoms with Crippen LogP contribution in [-0.2, 0) is 16.6 Å². The first-order chi connectivity index (χ1) is 7.65. The van der Waals surface area contributed by atoms with E-state index in [1.165, 1.54) is 12.1 Å². The lowest BCUT2D eigenvalue weighted by Crippen LogP contribution is -2.01. The van der Waals surface area contributed by atoms with E-state index in [2.05, 4.69) is 0 Å². The van der Waals surface area contributed by atoms with E-state index in [0.717, 1.165) is 12.8 Å². The molecule has 0 spiro atoms. The molecular weight excluding hydrogens is 225 g/mol. The van der Waals surface area contributed by atoms with Crippen LogP contribution in [0.2, 0.25) is 0 Å². The Labute approximate surface area is 97.6 Å². The summed E-state index contributed by atoms with van der Waals surface area (Å²) in [6, 6.07) is 5.99. The second-order valence-corrected chi connectivity index (χ2v) is 5.18. The monoisotopic (exact) mass is 239 g/mol. The molecule has 1 aromatic rings. The average Bonchev–Trinajstić information content (AvgIpc) is 2.25. The van der Waals surface area contributed by atoms with Crippen LogP contribution in [0.1, 0.15) is 30.9 Å². The molecule has 1 atom stereocenters. The van der Waals surface area contributed by atoms with Gasteiger partial charge in [-0.3, -0.25) is 4.21 Å². The fourth-order valence-corrected chi connectivity index (χ4v) is 2.66. The van der Waals surface area contributed by atoms with Crippen LogP contribution >= 0.6 is 0 Å². The molecule has 0 amide bonds. The van der Waals surface area contributed by atoms with Gasteiger partial charge in [0.25, 0.3) is 0 Å². The molecule has 86 valence electrons. The van der Waals surface area contributed by atoms with Gasteiger partial charge >= 0.3 is 0 Å². The fourth-order valence-electron chi connectivity index (χ4n) is 1.36. The minimum Gasteiger partial charge on any atom is -0.259 e. The van der Waals surface area contributed by atoms with Gasteiger partial charge in [0.15, 0.2) is 0 Å².